The summed E-state index contributed by atoms with van der Waals surface area (Å²) in [6.07, 6.45) is 1.58. The number of thioether (sulfide) groups is 1. The van der Waals surface area contributed by atoms with Crippen molar-refractivity contribution >= 4 is 35.0 Å². The van der Waals surface area contributed by atoms with E-state index in [0.29, 0.717) is 21.8 Å². The average Bonchev–Trinajstić information content (AvgIpc) is 3.38. The molecule has 0 aliphatic heterocycles. The molecule has 0 spiro atoms. The Balaban J connectivity index is 1.56. The van der Waals surface area contributed by atoms with Crippen molar-refractivity contribution in [3.05, 3.63) is 77.5 Å². The van der Waals surface area contributed by atoms with Gasteiger partial charge in [0, 0.05) is 16.4 Å². The summed E-state index contributed by atoms with van der Waals surface area (Å²) in [6.45, 7) is 2.00. The molecule has 0 aliphatic rings. The molecule has 0 aliphatic carbocycles. The number of amides is 1. The predicted molar refractivity (Wildman–Crippen MR) is 115 cm³/mol. The molecule has 0 bridgehead atoms. The first-order valence-corrected chi connectivity index (χ1v) is 10.2. The summed E-state index contributed by atoms with van der Waals surface area (Å²) in [6, 6.07) is 18.6. The SMILES string of the molecule is Cc1ccc(NC(=O)CSc2nnc(-c3ccco3)n2-c2ccc(Cl)cc2)cc1. The van der Waals surface area contributed by atoms with Gasteiger partial charge in [-0.1, -0.05) is 41.1 Å². The van der Waals surface area contributed by atoms with Gasteiger partial charge in [0.25, 0.3) is 0 Å². The van der Waals surface area contributed by atoms with E-state index in [1.165, 1.54) is 11.8 Å². The third-order valence-corrected chi connectivity index (χ3v) is 5.31. The average molecular weight is 425 g/mol. The standard InChI is InChI=1S/C21H17ClN4O2S/c1-14-4-8-16(9-5-14)23-19(27)13-29-21-25-24-20(18-3-2-12-28-18)26(21)17-10-6-15(22)7-11-17/h2-12H,13H2,1H3,(H,23,27). The van der Waals surface area contributed by atoms with Crippen LogP contribution in [-0.2, 0) is 4.79 Å². The Bertz CT molecular complexity index is 1110. The molecule has 1 N–H and O–H groups in total. The molecule has 0 unspecified atom stereocenters. The molecule has 29 heavy (non-hydrogen) atoms. The highest BCUT2D eigenvalue weighted by molar-refractivity contribution is 7.99. The minimum Gasteiger partial charge on any atom is -0.461 e. The number of aryl methyl sites for hydroxylation is 1. The van der Waals surface area contributed by atoms with Gasteiger partial charge in [-0.3, -0.25) is 9.36 Å². The lowest BCUT2D eigenvalue weighted by Crippen LogP contribution is -2.14. The Morgan fingerprint density at radius 2 is 1.86 bits per heavy atom. The highest BCUT2D eigenvalue weighted by Gasteiger charge is 2.19. The van der Waals surface area contributed by atoms with Crippen molar-refractivity contribution in [3.63, 3.8) is 0 Å². The van der Waals surface area contributed by atoms with Crippen LogP contribution >= 0.6 is 23.4 Å². The molecule has 146 valence electrons. The number of benzene rings is 2. The van der Waals surface area contributed by atoms with Crippen LogP contribution in [0.15, 0.2) is 76.5 Å². The minimum absolute atomic E-state index is 0.121. The third kappa shape index (κ3) is 4.52. The number of furan rings is 1. The van der Waals surface area contributed by atoms with Crippen LogP contribution in [0.2, 0.25) is 5.02 Å². The van der Waals surface area contributed by atoms with E-state index in [4.69, 9.17) is 16.0 Å². The Kier molecular flexibility index (Phi) is 5.69. The summed E-state index contributed by atoms with van der Waals surface area (Å²) in [4.78, 5) is 12.4. The van der Waals surface area contributed by atoms with Gasteiger partial charge in [-0.25, -0.2) is 0 Å². The molecule has 0 saturated heterocycles. The van der Waals surface area contributed by atoms with Gasteiger partial charge in [0.05, 0.1) is 12.0 Å². The minimum atomic E-state index is -0.121. The summed E-state index contributed by atoms with van der Waals surface area (Å²) in [5.41, 5.74) is 2.72. The van der Waals surface area contributed by atoms with E-state index in [9.17, 15) is 4.79 Å². The second kappa shape index (κ2) is 8.55. The fraction of sp³-hybridized carbons (Fsp3) is 0.0952. The van der Waals surface area contributed by atoms with Crippen LogP contribution in [-0.4, -0.2) is 26.4 Å². The fourth-order valence-electron chi connectivity index (χ4n) is 2.72. The maximum absolute atomic E-state index is 12.4. The molecule has 2 heterocycles. The first-order chi connectivity index (χ1) is 14.1. The van der Waals surface area contributed by atoms with E-state index in [1.807, 2.05) is 54.0 Å². The zero-order valence-corrected chi connectivity index (χ0v) is 17.1. The number of nitrogens with one attached hydrogen (secondary N) is 1. The Hall–Kier alpha value is -3.03. The molecule has 1 amide bonds. The number of rotatable bonds is 6. The third-order valence-electron chi connectivity index (χ3n) is 4.13. The summed E-state index contributed by atoms with van der Waals surface area (Å²) in [5.74, 6) is 1.21. The quantitative estimate of drug-likeness (QED) is 0.429. The largest absolute Gasteiger partial charge is 0.461 e. The first-order valence-electron chi connectivity index (χ1n) is 8.85. The number of anilines is 1. The monoisotopic (exact) mass is 424 g/mol. The van der Waals surface area contributed by atoms with E-state index in [1.54, 1.807) is 24.5 Å². The summed E-state index contributed by atoms with van der Waals surface area (Å²) in [7, 11) is 0. The van der Waals surface area contributed by atoms with Crippen molar-refractivity contribution in [2.45, 2.75) is 12.1 Å². The highest BCUT2D eigenvalue weighted by Crippen LogP contribution is 2.29. The predicted octanol–water partition coefficient (Wildman–Crippen LogP) is 5.22. The van der Waals surface area contributed by atoms with Crippen LogP contribution < -0.4 is 5.32 Å². The molecule has 0 saturated carbocycles. The van der Waals surface area contributed by atoms with Crippen LogP contribution in [0.3, 0.4) is 0 Å². The summed E-state index contributed by atoms with van der Waals surface area (Å²) in [5, 5.41) is 12.6. The molecule has 0 fully saturated rings. The number of hydrogen-bond acceptors (Lipinski definition) is 5. The molecule has 2 aromatic heterocycles. The summed E-state index contributed by atoms with van der Waals surface area (Å²) < 4.78 is 7.34. The molecule has 8 heteroatoms. The van der Waals surface area contributed by atoms with Crippen LogP contribution in [0.5, 0.6) is 0 Å². The molecule has 6 nitrogen and oxygen atoms in total. The molecule has 0 radical (unpaired) electrons. The van der Waals surface area contributed by atoms with Crippen LogP contribution in [0.4, 0.5) is 5.69 Å². The number of aromatic nitrogens is 3. The first kappa shape index (κ1) is 19.3. The second-order valence-corrected chi connectivity index (χ2v) is 7.68. The molecular weight excluding hydrogens is 408 g/mol. The van der Waals surface area contributed by atoms with E-state index < -0.39 is 0 Å². The van der Waals surface area contributed by atoms with Gasteiger partial charge in [0.15, 0.2) is 10.9 Å². The highest BCUT2D eigenvalue weighted by atomic mass is 35.5. The zero-order valence-electron chi connectivity index (χ0n) is 15.5. The van der Waals surface area contributed by atoms with Gasteiger partial charge in [-0.2, -0.15) is 0 Å². The Morgan fingerprint density at radius 3 is 2.55 bits per heavy atom. The fourth-order valence-corrected chi connectivity index (χ4v) is 3.59. The van der Waals surface area contributed by atoms with Crippen molar-refractivity contribution in [3.8, 4) is 17.3 Å². The van der Waals surface area contributed by atoms with Crippen molar-refractivity contribution in [1.29, 1.82) is 0 Å². The van der Waals surface area contributed by atoms with Gasteiger partial charge < -0.3 is 9.73 Å². The lowest BCUT2D eigenvalue weighted by atomic mass is 10.2. The van der Waals surface area contributed by atoms with Gasteiger partial charge in [0.2, 0.25) is 11.7 Å². The number of hydrogen-bond donors (Lipinski definition) is 1. The second-order valence-electron chi connectivity index (χ2n) is 6.30. The molecule has 4 rings (SSSR count). The normalized spacial score (nSPS) is 10.8. The van der Waals surface area contributed by atoms with E-state index in [0.717, 1.165) is 16.9 Å². The van der Waals surface area contributed by atoms with Crippen molar-refractivity contribution in [1.82, 2.24) is 14.8 Å². The van der Waals surface area contributed by atoms with Gasteiger partial charge in [-0.05, 0) is 55.5 Å². The van der Waals surface area contributed by atoms with E-state index >= 15 is 0 Å². The van der Waals surface area contributed by atoms with Crippen LogP contribution in [0.25, 0.3) is 17.3 Å². The maximum atomic E-state index is 12.4. The molecule has 4 aromatic rings. The smallest absolute Gasteiger partial charge is 0.234 e. The lowest BCUT2D eigenvalue weighted by Gasteiger charge is -2.09. The number of halogens is 1. The Morgan fingerprint density at radius 1 is 1.10 bits per heavy atom. The van der Waals surface area contributed by atoms with E-state index in [2.05, 4.69) is 15.5 Å². The number of carbonyl (C=O) groups excluding carboxylic acids is 1. The van der Waals surface area contributed by atoms with Crippen molar-refractivity contribution in [2.24, 2.45) is 0 Å². The molecule has 0 atom stereocenters. The topological polar surface area (TPSA) is 73.0 Å². The molecule has 2 aromatic carbocycles. The zero-order chi connectivity index (χ0) is 20.2. The maximum Gasteiger partial charge on any atom is 0.234 e. The van der Waals surface area contributed by atoms with Gasteiger partial charge in [-0.15, -0.1) is 10.2 Å². The lowest BCUT2D eigenvalue weighted by molar-refractivity contribution is -0.113. The Labute approximate surface area is 176 Å². The van der Waals surface area contributed by atoms with Crippen LogP contribution in [0, 0.1) is 6.92 Å². The van der Waals surface area contributed by atoms with Crippen molar-refractivity contribution in [2.75, 3.05) is 11.1 Å². The van der Waals surface area contributed by atoms with E-state index in [-0.39, 0.29) is 11.7 Å². The van der Waals surface area contributed by atoms with Crippen molar-refractivity contribution < 1.29 is 9.21 Å². The molecular formula is C21H17ClN4O2S. The number of nitrogens with zero attached hydrogens (tertiary/aromatic N) is 3. The van der Waals surface area contributed by atoms with Crippen LogP contribution in [0.1, 0.15) is 5.56 Å². The number of carbonyl (C=O) groups is 1. The summed E-state index contributed by atoms with van der Waals surface area (Å²) >= 11 is 7.32. The van der Waals surface area contributed by atoms with Gasteiger partial charge in [0.1, 0.15) is 0 Å². The van der Waals surface area contributed by atoms with Gasteiger partial charge >= 0.3 is 0 Å².